The number of rotatable bonds is 7. The molecule has 2 atom stereocenters. The van der Waals surface area contributed by atoms with E-state index in [1.54, 1.807) is 0 Å². The molecule has 1 amide bonds. The van der Waals surface area contributed by atoms with Crippen LogP contribution < -0.4 is 11.1 Å². The summed E-state index contributed by atoms with van der Waals surface area (Å²) >= 11 is 0. The minimum Gasteiger partial charge on any atom is -0.399 e. The number of carbonyl (C=O) groups is 1. The predicted octanol–water partition coefficient (Wildman–Crippen LogP) is 2.22. The molecule has 3 N–H and O–H groups in total. The third-order valence-corrected chi connectivity index (χ3v) is 3.91. The van der Waals surface area contributed by atoms with Gasteiger partial charge in [-0.05, 0) is 45.0 Å². The molecule has 0 spiro atoms. The van der Waals surface area contributed by atoms with Gasteiger partial charge in [0.15, 0.2) is 0 Å². The number of hydrogen-bond acceptors (Lipinski definition) is 3. The molecule has 0 bridgehead atoms. The first kappa shape index (κ1) is 16.5. The lowest BCUT2D eigenvalue weighted by molar-refractivity contribution is -0.122. The molecular formula is C16H27N3O. The number of likely N-dealkylation sites (N-methyl/N-ethyl adjacent to an activating group) is 1. The van der Waals surface area contributed by atoms with Crippen molar-refractivity contribution in [3.8, 4) is 0 Å². The largest absolute Gasteiger partial charge is 0.399 e. The van der Waals surface area contributed by atoms with Gasteiger partial charge in [0.25, 0.3) is 0 Å². The van der Waals surface area contributed by atoms with Crippen LogP contribution in [-0.2, 0) is 4.79 Å². The van der Waals surface area contributed by atoms with Crippen LogP contribution in [0.3, 0.4) is 0 Å². The number of nitrogens with one attached hydrogen (secondary N) is 1. The van der Waals surface area contributed by atoms with Crippen molar-refractivity contribution in [2.45, 2.75) is 39.2 Å². The molecule has 4 nitrogen and oxygen atoms in total. The first-order valence-corrected chi connectivity index (χ1v) is 7.29. The lowest BCUT2D eigenvalue weighted by Crippen LogP contribution is -2.38. The van der Waals surface area contributed by atoms with Gasteiger partial charge in [-0.3, -0.25) is 4.79 Å². The van der Waals surface area contributed by atoms with Crippen molar-refractivity contribution >= 4 is 11.6 Å². The van der Waals surface area contributed by atoms with Gasteiger partial charge >= 0.3 is 0 Å². The molecule has 1 aromatic carbocycles. The molecule has 0 aliphatic rings. The number of anilines is 1. The third-order valence-electron chi connectivity index (χ3n) is 3.91. The summed E-state index contributed by atoms with van der Waals surface area (Å²) in [5.41, 5.74) is 7.40. The second-order valence-corrected chi connectivity index (χ2v) is 5.42. The quantitative estimate of drug-likeness (QED) is 0.751. The van der Waals surface area contributed by atoms with Crippen molar-refractivity contribution < 1.29 is 4.79 Å². The summed E-state index contributed by atoms with van der Waals surface area (Å²) < 4.78 is 0. The summed E-state index contributed by atoms with van der Waals surface area (Å²) in [7, 11) is 2.08. The predicted molar refractivity (Wildman–Crippen MR) is 84.7 cm³/mol. The van der Waals surface area contributed by atoms with Gasteiger partial charge in [-0.15, -0.1) is 0 Å². The zero-order chi connectivity index (χ0) is 15.1. The number of carbonyl (C=O) groups excluding carboxylic acids is 1. The maximum atomic E-state index is 12.1. The van der Waals surface area contributed by atoms with Crippen LogP contribution in [-0.4, -0.2) is 37.0 Å². The van der Waals surface area contributed by atoms with Gasteiger partial charge in [0.05, 0.1) is 5.92 Å². The molecule has 0 aliphatic heterocycles. The second-order valence-electron chi connectivity index (χ2n) is 5.42. The highest BCUT2D eigenvalue weighted by atomic mass is 16.1. The van der Waals surface area contributed by atoms with Crippen LogP contribution in [0.25, 0.3) is 0 Å². The van der Waals surface area contributed by atoms with Crippen LogP contribution in [0.15, 0.2) is 24.3 Å². The Labute approximate surface area is 122 Å². The molecule has 0 aliphatic carbocycles. The highest BCUT2D eigenvalue weighted by Crippen LogP contribution is 2.17. The first-order valence-electron chi connectivity index (χ1n) is 7.29. The SMILES string of the molecule is CCC(C)N(C)CCNC(=O)C(C)c1cccc(N)c1. The van der Waals surface area contributed by atoms with E-state index in [-0.39, 0.29) is 11.8 Å². The third kappa shape index (κ3) is 4.85. The Balaban J connectivity index is 2.43. The number of amides is 1. The Morgan fingerprint density at radius 3 is 2.70 bits per heavy atom. The maximum Gasteiger partial charge on any atom is 0.227 e. The molecule has 0 aromatic heterocycles. The van der Waals surface area contributed by atoms with E-state index in [2.05, 4.69) is 31.1 Å². The van der Waals surface area contributed by atoms with E-state index in [0.717, 1.165) is 18.5 Å². The van der Waals surface area contributed by atoms with Crippen molar-refractivity contribution in [1.29, 1.82) is 0 Å². The first-order chi connectivity index (χ1) is 9.45. The molecule has 2 unspecified atom stereocenters. The molecule has 1 aromatic rings. The molecule has 0 saturated heterocycles. The van der Waals surface area contributed by atoms with Gasteiger partial charge in [-0.25, -0.2) is 0 Å². The molecule has 20 heavy (non-hydrogen) atoms. The summed E-state index contributed by atoms with van der Waals surface area (Å²) in [6.07, 6.45) is 1.12. The van der Waals surface area contributed by atoms with E-state index in [9.17, 15) is 4.79 Å². The van der Waals surface area contributed by atoms with Gasteiger partial charge in [0.1, 0.15) is 0 Å². The molecule has 1 rings (SSSR count). The number of nitrogen functional groups attached to an aromatic ring is 1. The monoisotopic (exact) mass is 277 g/mol. The summed E-state index contributed by atoms with van der Waals surface area (Å²) in [6.45, 7) is 7.80. The van der Waals surface area contributed by atoms with Crippen molar-refractivity contribution in [2.75, 3.05) is 25.9 Å². The number of nitrogens with two attached hydrogens (primary N) is 1. The molecule has 0 saturated carbocycles. The minimum atomic E-state index is -0.174. The maximum absolute atomic E-state index is 12.1. The van der Waals surface area contributed by atoms with E-state index in [1.165, 1.54) is 0 Å². The summed E-state index contributed by atoms with van der Waals surface area (Å²) in [5, 5.41) is 2.99. The minimum absolute atomic E-state index is 0.0492. The van der Waals surface area contributed by atoms with E-state index in [0.29, 0.717) is 18.3 Å². The number of benzene rings is 1. The van der Waals surface area contributed by atoms with E-state index >= 15 is 0 Å². The fraction of sp³-hybridized carbons (Fsp3) is 0.562. The Morgan fingerprint density at radius 1 is 1.40 bits per heavy atom. The standard InChI is InChI=1S/C16H27N3O/c1-5-12(2)19(4)10-9-18-16(20)13(3)14-7-6-8-15(17)11-14/h6-8,11-13H,5,9-10,17H2,1-4H3,(H,18,20). The van der Waals surface area contributed by atoms with Gasteiger partial charge in [0, 0.05) is 24.8 Å². The van der Waals surface area contributed by atoms with Crippen molar-refractivity contribution in [3.05, 3.63) is 29.8 Å². The highest BCUT2D eigenvalue weighted by molar-refractivity contribution is 5.83. The van der Waals surface area contributed by atoms with Crippen LogP contribution >= 0.6 is 0 Å². The second kappa shape index (κ2) is 7.90. The van der Waals surface area contributed by atoms with E-state index in [1.807, 2.05) is 31.2 Å². The molecule has 0 heterocycles. The number of hydrogen-bond donors (Lipinski definition) is 2. The fourth-order valence-electron chi connectivity index (χ4n) is 2.02. The average molecular weight is 277 g/mol. The Bertz CT molecular complexity index is 433. The molecule has 0 fully saturated rings. The van der Waals surface area contributed by atoms with Crippen LogP contribution in [0.2, 0.25) is 0 Å². The smallest absolute Gasteiger partial charge is 0.227 e. The Morgan fingerprint density at radius 2 is 2.10 bits per heavy atom. The molecule has 112 valence electrons. The zero-order valence-corrected chi connectivity index (χ0v) is 13.0. The van der Waals surface area contributed by atoms with E-state index < -0.39 is 0 Å². The fourth-order valence-corrected chi connectivity index (χ4v) is 2.02. The van der Waals surface area contributed by atoms with Gasteiger partial charge < -0.3 is 16.0 Å². The zero-order valence-electron chi connectivity index (χ0n) is 13.0. The van der Waals surface area contributed by atoms with E-state index in [4.69, 9.17) is 5.73 Å². The van der Waals surface area contributed by atoms with Crippen molar-refractivity contribution in [2.24, 2.45) is 0 Å². The number of nitrogens with zero attached hydrogens (tertiary/aromatic N) is 1. The van der Waals surface area contributed by atoms with Crippen LogP contribution in [0.4, 0.5) is 5.69 Å². The average Bonchev–Trinajstić information content (AvgIpc) is 2.45. The summed E-state index contributed by atoms with van der Waals surface area (Å²) in [4.78, 5) is 14.4. The van der Waals surface area contributed by atoms with Gasteiger partial charge in [0.2, 0.25) is 5.91 Å². The molecular weight excluding hydrogens is 250 g/mol. The van der Waals surface area contributed by atoms with Crippen LogP contribution in [0.5, 0.6) is 0 Å². The summed E-state index contributed by atoms with van der Waals surface area (Å²) in [6, 6.07) is 8.04. The Kier molecular flexibility index (Phi) is 6.52. The van der Waals surface area contributed by atoms with Crippen LogP contribution in [0.1, 0.15) is 38.7 Å². The van der Waals surface area contributed by atoms with Crippen LogP contribution in [0, 0.1) is 0 Å². The Hall–Kier alpha value is -1.55. The van der Waals surface area contributed by atoms with Gasteiger partial charge in [-0.2, -0.15) is 0 Å². The van der Waals surface area contributed by atoms with Gasteiger partial charge in [-0.1, -0.05) is 19.1 Å². The van der Waals surface area contributed by atoms with Crippen molar-refractivity contribution in [1.82, 2.24) is 10.2 Å². The summed E-state index contributed by atoms with van der Waals surface area (Å²) in [5.74, 6) is -0.124. The molecule has 4 heteroatoms. The highest BCUT2D eigenvalue weighted by Gasteiger charge is 2.15. The lowest BCUT2D eigenvalue weighted by atomic mass is 10.00. The lowest BCUT2D eigenvalue weighted by Gasteiger charge is -2.23. The molecule has 0 radical (unpaired) electrons. The van der Waals surface area contributed by atoms with Crippen molar-refractivity contribution in [3.63, 3.8) is 0 Å². The normalized spacial score (nSPS) is 14.1. The topological polar surface area (TPSA) is 58.4 Å².